The minimum absolute atomic E-state index is 0.136. The summed E-state index contributed by atoms with van der Waals surface area (Å²) in [7, 11) is 0. The molecular formula is C21H22O6. The average Bonchev–Trinajstić information content (AvgIpc) is 3.13. The van der Waals surface area contributed by atoms with Gasteiger partial charge in [-0.3, -0.25) is 4.79 Å². The molecule has 0 N–H and O–H groups in total. The first-order chi connectivity index (χ1) is 12.9. The van der Waals surface area contributed by atoms with Gasteiger partial charge in [-0.1, -0.05) is 26.0 Å². The van der Waals surface area contributed by atoms with Crippen LogP contribution in [0.15, 0.2) is 36.4 Å². The Labute approximate surface area is 158 Å². The number of ketones is 1. The van der Waals surface area contributed by atoms with Crippen molar-refractivity contribution in [1.29, 1.82) is 0 Å². The van der Waals surface area contributed by atoms with Gasteiger partial charge in [0.25, 0.3) is 0 Å². The van der Waals surface area contributed by atoms with E-state index in [0.717, 1.165) is 11.1 Å². The van der Waals surface area contributed by atoms with Gasteiger partial charge in [0.2, 0.25) is 6.79 Å². The van der Waals surface area contributed by atoms with Gasteiger partial charge >= 0.3 is 5.97 Å². The number of hydrogen-bond donors (Lipinski definition) is 0. The maximum Gasteiger partial charge on any atom is 0.344 e. The van der Waals surface area contributed by atoms with E-state index >= 15 is 0 Å². The quantitative estimate of drug-likeness (QED) is 0.547. The van der Waals surface area contributed by atoms with E-state index in [1.165, 1.54) is 0 Å². The average molecular weight is 370 g/mol. The number of rotatable bonds is 7. The lowest BCUT2D eigenvalue weighted by Gasteiger charge is -2.12. The minimum atomic E-state index is -0.599. The predicted molar refractivity (Wildman–Crippen MR) is 98.6 cm³/mol. The van der Waals surface area contributed by atoms with Crippen LogP contribution in [-0.4, -0.2) is 31.8 Å². The van der Waals surface area contributed by atoms with E-state index in [1.54, 1.807) is 18.2 Å². The first kappa shape index (κ1) is 18.8. The fraction of sp³-hybridized carbons (Fsp3) is 0.333. The van der Waals surface area contributed by atoms with Crippen LogP contribution in [0.4, 0.5) is 0 Å². The lowest BCUT2D eigenvalue weighted by atomic mass is 10.0. The molecule has 27 heavy (non-hydrogen) atoms. The van der Waals surface area contributed by atoms with Crippen molar-refractivity contribution >= 4 is 11.8 Å². The largest absolute Gasteiger partial charge is 0.482 e. The zero-order valence-electron chi connectivity index (χ0n) is 15.6. The van der Waals surface area contributed by atoms with Crippen molar-refractivity contribution in [3.05, 3.63) is 53.1 Å². The number of fused-ring (bicyclic) bond motifs is 1. The number of aryl methyl sites for hydroxylation is 1. The predicted octanol–water partition coefficient (Wildman–Crippen LogP) is 3.65. The molecule has 1 aliphatic rings. The summed E-state index contributed by atoms with van der Waals surface area (Å²) in [5.74, 6) is 1.18. The highest BCUT2D eigenvalue weighted by molar-refractivity contribution is 5.98. The fourth-order valence-electron chi connectivity index (χ4n) is 2.61. The Kier molecular flexibility index (Phi) is 5.64. The van der Waals surface area contributed by atoms with Crippen LogP contribution in [-0.2, 0) is 9.53 Å². The maximum absolute atomic E-state index is 12.2. The number of Topliss-reactive ketones (excluding diaryl/α,β-unsaturated/α-hetero) is 1. The van der Waals surface area contributed by atoms with Gasteiger partial charge in [-0.05, 0) is 48.2 Å². The molecule has 0 aliphatic carbocycles. The van der Waals surface area contributed by atoms with E-state index in [0.29, 0.717) is 28.7 Å². The number of ether oxygens (including phenoxy) is 4. The van der Waals surface area contributed by atoms with Crippen LogP contribution in [0.5, 0.6) is 17.2 Å². The molecule has 0 fully saturated rings. The van der Waals surface area contributed by atoms with Gasteiger partial charge in [0, 0.05) is 5.56 Å². The molecule has 6 heteroatoms. The smallest absolute Gasteiger partial charge is 0.344 e. The van der Waals surface area contributed by atoms with Crippen LogP contribution in [0, 0.1) is 6.92 Å². The van der Waals surface area contributed by atoms with Gasteiger partial charge in [0.15, 0.2) is 30.5 Å². The fourth-order valence-corrected chi connectivity index (χ4v) is 2.61. The zero-order valence-corrected chi connectivity index (χ0v) is 15.6. The van der Waals surface area contributed by atoms with E-state index in [2.05, 4.69) is 13.8 Å². The molecule has 1 heterocycles. The van der Waals surface area contributed by atoms with Crippen LogP contribution in [0.3, 0.4) is 0 Å². The van der Waals surface area contributed by atoms with Crippen LogP contribution in [0.1, 0.15) is 41.3 Å². The topological polar surface area (TPSA) is 71.1 Å². The highest BCUT2D eigenvalue weighted by Gasteiger charge is 2.17. The van der Waals surface area contributed by atoms with E-state index in [1.807, 2.05) is 25.1 Å². The highest BCUT2D eigenvalue weighted by Crippen LogP contribution is 2.32. The zero-order chi connectivity index (χ0) is 19.4. The SMILES string of the molecule is Cc1ccc(C(C)C)cc1OCC(=O)OCC(=O)c1ccc2c(c1)OCO2. The third-order valence-corrected chi connectivity index (χ3v) is 4.28. The number of carbonyl (C=O) groups is 2. The Bertz CT molecular complexity index is 856. The summed E-state index contributed by atoms with van der Waals surface area (Å²) in [6.45, 7) is 5.61. The third kappa shape index (κ3) is 4.58. The Morgan fingerprint density at radius 1 is 1.04 bits per heavy atom. The van der Waals surface area contributed by atoms with Gasteiger partial charge in [0.05, 0.1) is 0 Å². The first-order valence-electron chi connectivity index (χ1n) is 8.76. The molecule has 2 aromatic rings. The van der Waals surface area contributed by atoms with Crippen molar-refractivity contribution in [2.75, 3.05) is 20.0 Å². The lowest BCUT2D eigenvalue weighted by Crippen LogP contribution is -2.19. The molecule has 2 aromatic carbocycles. The van der Waals surface area contributed by atoms with Gasteiger partial charge in [-0.25, -0.2) is 4.79 Å². The molecule has 0 saturated carbocycles. The molecule has 0 saturated heterocycles. The monoisotopic (exact) mass is 370 g/mol. The summed E-state index contributed by atoms with van der Waals surface area (Å²) in [5, 5.41) is 0. The van der Waals surface area contributed by atoms with Gasteiger partial charge < -0.3 is 18.9 Å². The summed E-state index contributed by atoms with van der Waals surface area (Å²) >= 11 is 0. The molecule has 0 spiro atoms. The number of esters is 1. The molecule has 3 rings (SSSR count). The summed E-state index contributed by atoms with van der Waals surface area (Å²) in [4.78, 5) is 24.1. The van der Waals surface area contributed by atoms with Crippen molar-refractivity contribution in [3.63, 3.8) is 0 Å². The number of carbonyl (C=O) groups excluding carboxylic acids is 2. The second kappa shape index (κ2) is 8.12. The normalized spacial score (nSPS) is 12.1. The summed E-state index contributed by atoms with van der Waals surface area (Å²) in [6, 6.07) is 10.8. The molecule has 0 unspecified atom stereocenters. The van der Waals surface area contributed by atoms with Gasteiger partial charge in [0.1, 0.15) is 5.75 Å². The maximum atomic E-state index is 12.2. The number of benzene rings is 2. The molecular weight excluding hydrogens is 348 g/mol. The second-order valence-electron chi connectivity index (χ2n) is 6.62. The molecule has 0 radical (unpaired) electrons. The highest BCUT2D eigenvalue weighted by atomic mass is 16.7. The minimum Gasteiger partial charge on any atom is -0.482 e. The standard InChI is InChI=1S/C21H22O6/c1-13(2)15-5-4-14(3)19(8-15)24-11-21(23)25-10-17(22)16-6-7-18-20(9-16)27-12-26-18/h4-9,13H,10-12H2,1-3H3. The Hall–Kier alpha value is -3.02. The molecule has 6 nitrogen and oxygen atoms in total. The third-order valence-electron chi connectivity index (χ3n) is 4.28. The number of hydrogen-bond acceptors (Lipinski definition) is 6. The van der Waals surface area contributed by atoms with Crippen molar-refractivity contribution in [2.24, 2.45) is 0 Å². The van der Waals surface area contributed by atoms with E-state index in [4.69, 9.17) is 18.9 Å². The van der Waals surface area contributed by atoms with Crippen molar-refractivity contribution in [1.82, 2.24) is 0 Å². The van der Waals surface area contributed by atoms with E-state index in [-0.39, 0.29) is 25.8 Å². The molecule has 1 aliphatic heterocycles. The van der Waals surface area contributed by atoms with Gasteiger partial charge in [-0.15, -0.1) is 0 Å². The van der Waals surface area contributed by atoms with Crippen molar-refractivity contribution < 1.29 is 28.5 Å². The second-order valence-corrected chi connectivity index (χ2v) is 6.62. The molecule has 0 aromatic heterocycles. The Balaban J connectivity index is 1.51. The van der Waals surface area contributed by atoms with E-state index in [9.17, 15) is 9.59 Å². The summed E-state index contributed by atoms with van der Waals surface area (Å²) in [6.07, 6.45) is 0. The summed E-state index contributed by atoms with van der Waals surface area (Å²) in [5.41, 5.74) is 2.46. The Morgan fingerprint density at radius 2 is 1.81 bits per heavy atom. The molecule has 0 atom stereocenters. The van der Waals surface area contributed by atoms with E-state index < -0.39 is 5.97 Å². The molecule has 142 valence electrons. The van der Waals surface area contributed by atoms with Crippen molar-refractivity contribution in [3.8, 4) is 17.2 Å². The Morgan fingerprint density at radius 3 is 2.59 bits per heavy atom. The summed E-state index contributed by atoms with van der Waals surface area (Å²) < 4.78 is 21.0. The van der Waals surface area contributed by atoms with Crippen molar-refractivity contribution in [2.45, 2.75) is 26.7 Å². The van der Waals surface area contributed by atoms with Crippen LogP contribution in [0.2, 0.25) is 0 Å². The first-order valence-corrected chi connectivity index (χ1v) is 8.76. The lowest BCUT2D eigenvalue weighted by molar-refractivity contribution is -0.144. The van der Waals surface area contributed by atoms with Crippen LogP contribution in [0.25, 0.3) is 0 Å². The van der Waals surface area contributed by atoms with Crippen LogP contribution >= 0.6 is 0 Å². The van der Waals surface area contributed by atoms with Crippen LogP contribution < -0.4 is 14.2 Å². The molecule has 0 bridgehead atoms. The molecule has 0 amide bonds. The van der Waals surface area contributed by atoms with Gasteiger partial charge in [-0.2, -0.15) is 0 Å².